The molecule has 4 heterocycles. The van der Waals surface area contributed by atoms with E-state index in [0.717, 1.165) is 10.8 Å². The Morgan fingerprint density at radius 3 is 2.41 bits per heavy atom. The number of β-amino-alcohol motifs (C(OH)–C–C–N with tert-alkyl or cyclic N) is 1. The lowest BCUT2D eigenvalue weighted by Crippen LogP contribution is -2.56. The van der Waals surface area contributed by atoms with E-state index in [1.54, 1.807) is 22.9 Å². The third-order valence-electron chi connectivity index (χ3n) is 10.4. The predicted molar refractivity (Wildman–Crippen MR) is 186 cm³/mol. The van der Waals surface area contributed by atoms with Crippen molar-refractivity contribution in [1.82, 2.24) is 9.80 Å². The van der Waals surface area contributed by atoms with Gasteiger partial charge in [0, 0.05) is 36.7 Å². The maximum Gasteiger partial charge on any atom is 0.313 e. The van der Waals surface area contributed by atoms with E-state index in [-0.39, 0.29) is 32.0 Å². The fraction of sp³-hybridized carbons (Fsp3) is 0.368. The number of carbonyl (C=O) groups is 4. The lowest BCUT2D eigenvalue weighted by atomic mass is 9.74. The number of fused-ring (bicyclic) bond motifs is 3. The molecule has 0 aromatic heterocycles. The highest BCUT2D eigenvalue weighted by Crippen LogP contribution is 2.59. The first kappa shape index (κ1) is 33.2. The minimum atomic E-state index is -1.48. The molecule has 4 aliphatic heterocycles. The Hall–Kier alpha value is -4.32. The Kier molecular flexibility index (Phi) is 8.93. The summed E-state index contributed by atoms with van der Waals surface area (Å²) in [6, 6.07) is 21.1. The average Bonchev–Trinajstić information content (AvgIpc) is 3.70. The number of halogens is 1. The molecule has 11 heteroatoms. The van der Waals surface area contributed by atoms with Crippen LogP contribution < -0.4 is 4.90 Å². The zero-order valence-electron chi connectivity index (χ0n) is 27.3. The van der Waals surface area contributed by atoms with Gasteiger partial charge in [-0.1, -0.05) is 88.7 Å². The van der Waals surface area contributed by atoms with Gasteiger partial charge in [0.25, 0.3) is 5.91 Å². The summed E-state index contributed by atoms with van der Waals surface area (Å²) in [5.41, 5.74) is -0.165. The zero-order valence-corrected chi connectivity index (χ0v) is 28.9. The smallest absolute Gasteiger partial charge is 0.313 e. The highest BCUT2D eigenvalue weighted by Gasteiger charge is 2.75. The second-order valence-electron chi connectivity index (χ2n) is 13.1. The number of esters is 1. The molecule has 2 fully saturated rings. The van der Waals surface area contributed by atoms with Crippen LogP contribution in [0.25, 0.3) is 10.8 Å². The van der Waals surface area contributed by atoms with Crippen molar-refractivity contribution in [1.29, 1.82) is 0 Å². The van der Waals surface area contributed by atoms with Gasteiger partial charge in [0.1, 0.15) is 29.8 Å². The van der Waals surface area contributed by atoms with Crippen LogP contribution in [0.4, 0.5) is 5.69 Å². The van der Waals surface area contributed by atoms with E-state index < -0.39 is 59.5 Å². The molecule has 3 aromatic carbocycles. The third-order valence-corrected chi connectivity index (χ3v) is 11.1. The van der Waals surface area contributed by atoms with Gasteiger partial charge in [-0.05, 0) is 47.9 Å². The summed E-state index contributed by atoms with van der Waals surface area (Å²) in [6.45, 7) is 1.49. The van der Waals surface area contributed by atoms with E-state index in [1.165, 1.54) is 4.90 Å². The fourth-order valence-corrected chi connectivity index (χ4v) is 8.57. The molecule has 4 aliphatic rings. The van der Waals surface area contributed by atoms with Crippen molar-refractivity contribution in [2.45, 2.75) is 49.7 Å². The molecular weight excluding hydrogens is 690 g/mol. The molecule has 254 valence electrons. The van der Waals surface area contributed by atoms with Crippen LogP contribution >= 0.6 is 15.9 Å². The summed E-state index contributed by atoms with van der Waals surface area (Å²) in [4.78, 5) is 61.7. The van der Waals surface area contributed by atoms with Gasteiger partial charge in [0.05, 0.1) is 18.6 Å². The van der Waals surface area contributed by atoms with Gasteiger partial charge < -0.3 is 29.3 Å². The maximum absolute atomic E-state index is 15.0. The summed E-state index contributed by atoms with van der Waals surface area (Å²) in [7, 11) is 1.70. The van der Waals surface area contributed by atoms with Crippen molar-refractivity contribution in [3.63, 3.8) is 0 Å². The highest BCUT2D eigenvalue weighted by atomic mass is 79.9. The standard InChI is InChI=1S/C38H38BrN3O7/c1-23-32(25-12-5-3-6-13-25)48-37(47)30-31-35(45)42(19-20-43)34(38(31)22-28(39)33(30)49-38)36(46)41(18-10-4-7-15-29(44)40(23)2)27-17-16-24-11-8-9-14-26(24)21-27/h3-6,8-14,16-17,21-23,30-34,43H,7,15,18-20H2,1-2H3/b10-4-/t23-,30+,31-,32+,33+,34+,38-/m0/s1. The van der Waals surface area contributed by atoms with Gasteiger partial charge in [0.15, 0.2) is 0 Å². The van der Waals surface area contributed by atoms with E-state index in [0.29, 0.717) is 22.2 Å². The minimum Gasteiger partial charge on any atom is -0.455 e. The summed E-state index contributed by atoms with van der Waals surface area (Å²) in [5.74, 6) is -3.79. The normalized spacial score (nSPS) is 31.3. The quantitative estimate of drug-likeness (QED) is 0.311. The summed E-state index contributed by atoms with van der Waals surface area (Å²) in [6.07, 6.45) is 4.43. The fourth-order valence-electron chi connectivity index (χ4n) is 7.83. The number of hydrogen-bond acceptors (Lipinski definition) is 7. The Balaban J connectivity index is 1.35. The van der Waals surface area contributed by atoms with E-state index in [4.69, 9.17) is 9.47 Å². The number of nitrogens with zero attached hydrogens (tertiary/aromatic N) is 3. The number of likely N-dealkylation sites (N-methyl/N-ethyl adjacent to an activating group) is 1. The van der Waals surface area contributed by atoms with Crippen LogP contribution in [0.1, 0.15) is 31.4 Å². The molecule has 10 nitrogen and oxygen atoms in total. The van der Waals surface area contributed by atoms with Crippen LogP contribution in [0.3, 0.4) is 0 Å². The number of aliphatic hydroxyl groups is 1. The van der Waals surface area contributed by atoms with Crippen molar-refractivity contribution < 1.29 is 33.8 Å². The number of rotatable bonds is 4. The van der Waals surface area contributed by atoms with Crippen LogP contribution in [0.15, 0.2) is 95.5 Å². The van der Waals surface area contributed by atoms with Crippen LogP contribution in [0.2, 0.25) is 0 Å². The molecule has 5 bridgehead atoms. The second-order valence-corrected chi connectivity index (χ2v) is 14.0. The number of ether oxygens (including phenoxy) is 2. The Labute approximate surface area is 293 Å². The topological polar surface area (TPSA) is 117 Å². The molecule has 3 aromatic rings. The molecule has 0 aliphatic carbocycles. The number of cyclic esters (lactones) is 1. The molecule has 7 atom stereocenters. The van der Waals surface area contributed by atoms with Gasteiger partial charge in [-0.2, -0.15) is 0 Å². The summed E-state index contributed by atoms with van der Waals surface area (Å²) < 4.78 is 13.4. The SMILES string of the molecule is C[C@H]1[C@H](c2ccccc2)OC(=O)[C@H]2[C@@H]3O[C@@]4(C=C3Br)[C@@H]2C(=O)N(CCO)[C@@H]4C(=O)N(c2ccc3ccccc3c2)C/C=C\CCC(=O)N1C. The van der Waals surface area contributed by atoms with Crippen molar-refractivity contribution in [2.24, 2.45) is 11.8 Å². The maximum atomic E-state index is 15.0. The monoisotopic (exact) mass is 727 g/mol. The van der Waals surface area contributed by atoms with E-state index in [1.807, 2.05) is 91.9 Å². The van der Waals surface area contributed by atoms with Crippen molar-refractivity contribution in [3.8, 4) is 0 Å². The number of amides is 3. The summed E-state index contributed by atoms with van der Waals surface area (Å²) >= 11 is 3.59. The summed E-state index contributed by atoms with van der Waals surface area (Å²) in [5, 5.41) is 12.1. The average molecular weight is 729 g/mol. The van der Waals surface area contributed by atoms with Crippen LogP contribution in [-0.4, -0.2) is 89.1 Å². The van der Waals surface area contributed by atoms with Gasteiger partial charge in [0.2, 0.25) is 11.8 Å². The van der Waals surface area contributed by atoms with Gasteiger partial charge >= 0.3 is 5.97 Å². The number of allylic oxidation sites excluding steroid dienone is 1. The number of likely N-dealkylation sites (tertiary alicyclic amines) is 1. The van der Waals surface area contributed by atoms with Crippen LogP contribution in [0, 0.1) is 11.8 Å². The van der Waals surface area contributed by atoms with Crippen LogP contribution in [0.5, 0.6) is 0 Å². The second kappa shape index (κ2) is 13.2. The van der Waals surface area contributed by atoms with Gasteiger partial charge in [-0.25, -0.2) is 0 Å². The molecule has 0 unspecified atom stereocenters. The Morgan fingerprint density at radius 1 is 0.918 bits per heavy atom. The largest absolute Gasteiger partial charge is 0.455 e. The highest BCUT2D eigenvalue weighted by molar-refractivity contribution is 9.11. The molecule has 0 saturated carbocycles. The van der Waals surface area contributed by atoms with Crippen molar-refractivity contribution in [2.75, 3.05) is 31.6 Å². The third kappa shape index (κ3) is 5.57. The Bertz CT molecular complexity index is 1860. The lowest BCUT2D eigenvalue weighted by molar-refractivity contribution is -0.164. The lowest BCUT2D eigenvalue weighted by Gasteiger charge is -2.35. The first-order valence-corrected chi connectivity index (χ1v) is 17.4. The number of hydrogen-bond donors (Lipinski definition) is 1. The number of benzene rings is 3. The number of anilines is 1. The van der Waals surface area contributed by atoms with E-state index >= 15 is 0 Å². The predicted octanol–water partition coefficient (Wildman–Crippen LogP) is 4.52. The molecule has 1 N–H and O–H groups in total. The Morgan fingerprint density at radius 2 is 1.65 bits per heavy atom. The van der Waals surface area contributed by atoms with Gasteiger partial charge in [-0.3, -0.25) is 19.2 Å². The van der Waals surface area contributed by atoms with Crippen molar-refractivity contribution in [3.05, 3.63) is 101 Å². The van der Waals surface area contributed by atoms with E-state index in [2.05, 4.69) is 15.9 Å². The van der Waals surface area contributed by atoms with Gasteiger partial charge in [-0.15, -0.1) is 0 Å². The number of aliphatic hydroxyl groups excluding tert-OH is 1. The van der Waals surface area contributed by atoms with E-state index in [9.17, 15) is 24.3 Å². The first-order valence-electron chi connectivity index (χ1n) is 16.6. The van der Waals surface area contributed by atoms with Crippen LogP contribution in [-0.2, 0) is 28.7 Å². The molecular formula is C38H38BrN3O7. The first-order chi connectivity index (χ1) is 23.7. The minimum absolute atomic E-state index is 0.118. The molecule has 1 spiro atoms. The molecule has 2 saturated heterocycles. The molecule has 3 amide bonds. The number of carbonyl (C=O) groups excluding carboxylic acids is 4. The molecule has 49 heavy (non-hydrogen) atoms. The molecule has 7 rings (SSSR count). The molecule has 0 radical (unpaired) electrons. The van der Waals surface area contributed by atoms with Crippen molar-refractivity contribution >= 4 is 56.1 Å². The zero-order chi connectivity index (χ0) is 34.4.